The molecular formula is C14H22N2O4. The van der Waals surface area contributed by atoms with Gasteiger partial charge >= 0.3 is 5.97 Å². The maximum Gasteiger partial charge on any atom is 0.335 e. The number of carbonyl (C=O) groups is 1. The van der Waals surface area contributed by atoms with Gasteiger partial charge in [-0.2, -0.15) is 0 Å². The Morgan fingerprint density at radius 1 is 1.45 bits per heavy atom. The van der Waals surface area contributed by atoms with Gasteiger partial charge in [-0.15, -0.1) is 0 Å². The monoisotopic (exact) mass is 282 g/mol. The molecule has 1 unspecified atom stereocenters. The van der Waals surface area contributed by atoms with Crippen LogP contribution in [-0.4, -0.2) is 47.5 Å². The van der Waals surface area contributed by atoms with Gasteiger partial charge in [0.05, 0.1) is 18.3 Å². The first kappa shape index (κ1) is 16.4. The number of aliphatic hydroxyl groups is 1. The highest BCUT2D eigenvalue weighted by Gasteiger charge is 2.19. The summed E-state index contributed by atoms with van der Waals surface area (Å²) in [5, 5.41) is 21.7. The average molecular weight is 282 g/mol. The molecule has 20 heavy (non-hydrogen) atoms. The van der Waals surface area contributed by atoms with Crippen LogP contribution in [-0.2, 0) is 10.2 Å². The van der Waals surface area contributed by atoms with E-state index in [0.717, 1.165) is 0 Å². The smallest absolute Gasteiger partial charge is 0.335 e. The summed E-state index contributed by atoms with van der Waals surface area (Å²) in [6.07, 6.45) is -0.673. The third-order valence-electron chi connectivity index (χ3n) is 2.72. The zero-order valence-electron chi connectivity index (χ0n) is 12.3. The Labute approximate surface area is 118 Å². The number of aromatic nitrogens is 1. The fraction of sp³-hybridized carbons (Fsp3) is 0.571. The topological polar surface area (TPSA) is 91.7 Å². The van der Waals surface area contributed by atoms with Crippen LogP contribution in [0.25, 0.3) is 0 Å². The summed E-state index contributed by atoms with van der Waals surface area (Å²) < 4.78 is 4.83. The molecule has 0 spiro atoms. The summed E-state index contributed by atoms with van der Waals surface area (Å²) in [7, 11) is 1.50. The van der Waals surface area contributed by atoms with Crippen molar-refractivity contribution in [3.05, 3.63) is 23.4 Å². The van der Waals surface area contributed by atoms with E-state index in [0.29, 0.717) is 11.5 Å². The number of hydrogen-bond donors (Lipinski definition) is 3. The van der Waals surface area contributed by atoms with Crippen LogP contribution in [0.15, 0.2) is 12.1 Å². The number of anilines is 1. The maximum atomic E-state index is 11.1. The fourth-order valence-electron chi connectivity index (χ4n) is 1.60. The van der Waals surface area contributed by atoms with Crippen molar-refractivity contribution in [1.29, 1.82) is 0 Å². The highest BCUT2D eigenvalue weighted by molar-refractivity contribution is 5.88. The molecular weight excluding hydrogens is 260 g/mol. The maximum absolute atomic E-state index is 11.1. The molecule has 0 amide bonds. The van der Waals surface area contributed by atoms with Crippen molar-refractivity contribution in [1.82, 2.24) is 4.98 Å². The van der Waals surface area contributed by atoms with E-state index in [4.69, 9.17) is 9.84 Å². The summed E-state index contributed by atoms with van der Waals surface area (Å²) in [6, 6.07) is 3.02. The van der Waals surface area contributed by atoms with Crippen molar-refractivity contribution in [2.24, 2.45) is 0 Å². The zero-order chi connectivity index (χ0) is 15.3. The zero-order valence-corrected chi connectivity index (χ0v) is 12.3. The summed E-state index contributed by atoms with van der Waals surface area (Å²) in [5.74, 6) is -0.566. The van der Waals surface area contributed by atoms with Gasteiger partial charge in [0, 0.05) is 24.8 Å². The van der Waals surface area contributed by atoms with Crippen molar-refractivity contribution in [2.45, 2.75) is 32.3 Å². The number of ether oxygens (including phenoxy) is 1. The SMILES string of the molecule is COCC(O)CNc1cc(C(=O)O)cc(C(C)(C)C)n1. The molecule has 6 nitrogen and oxygen atoms in total. The molecule has 112 valence electrons. The number of nitrogens with zero attached hydrogens (tertiary/aromatic N) is 1. The Hall–Kier alpha value is -1.66. The number of aromatic carboxylic acids is 1. The second kappa shape index (κ2) is 6.67. The lowest BCUT2D eigenvalue weighted by atomic mass is 9.91. The molecule has 0 bridgehead atoms. The Kier molecular flexibility index (Phi) is 5.47. The molecule has 0 aromatic carbocycles. The van der Waals surface area contributed by atoms with Gasteiger partial charge in [-0.3, -0.25) is 0 Å². The molecule has 3 N–H and O–H groups in total. The lowest BCUT2D eigenvalue weighted by molar-refractivity contribution is 0.0696. The number of carboxylic acid groups (broad SMARTS) is 1. The van der Waals surface area contributed by atoms with Gasteiger partial charge in [-0.05, 0) is 12.1 Å². The first-order chi connectivity index (χ1) is 9.24. The molecule has 0 fully saturated rings. The predicted octanol–water partition coefficient (Wildman–Crippen LogP) is 1.50. The lowest BCUT2D eigenvalue weighted by Crippen LogP contribution is -2.25. The average Bonchev–Trinajstić information content (AvgIpc) is 2.35. The van der Waals surface area contributed by atoms with Gasteiger partial charge in [0.1, 0.15) is 5.82 Å². The molecule has 1 aromatic heterocycles. The van der Waals surface area contributed by atoms with E-state index < -0.39 is 12.1 Å². The van der Waals surface area contributed by atoms with Crippen LogP contribution in [0.4, 0.5) is 5.82 Å². The Balaban J connectivity index is 2.95. The second-order valence-corrected chi connectivity index (χ2v) is 5.67. The van der Waals surface area contributed by atoms with Gasteiger partial charge in [-0.1, -0.05) is 20.8 Å². The normalized spacial score (nSPS) is 13.1. The number of pyridine rings is 1. The number of rotatable bonds is 6. The van der Waals surface area contributed by atoms with Crippen LogP contribution in [0.5, 0.6) is 0 Å². The first-order valence-electron chi connectivity index (χ1n) is 6.40. The molecule has 0 aliphatic carbocycles. The molecule has 1 rings (SSSR count). The summed E-state index contributed by atoms with van der Waals surface area (Å²) >= 11 is 0. The minimum absolute atomic E-state index is 0.175. The van der Waals surface area contributed by atoms with Crippen molar-refractivity contribution >= 4 is 11.8 Å². The highest BCUT2D eigenvalue weighted by Crippen LogP contribution is 2.23. The molecule has 0 saturated heterocycles. The third kappa shape index (κ3) is 4.79. The fourth-order valence-corrected chi connectivity index (χ4v) is 1.60. The Morgan fingerprint density at radius 3 is 2.60 bits per heavy atom. The molecule has 0 aliphatic heterocycles. The van der Waals surface area contributed by atoms with E-state index >= 15 is 0 Å². The minimum atomic E-state index is -1.00. The number of methoxy groups -OCH3 is 1. The number of carboxylic acids is 1. The summed E-state index contributed by atoms with van der Waals surface area (Å²) in [6.45, 7) is 6.34. The molecule has 0 saturated carbocycles. The van der Waals surface area contributed by atoms with Crippen LogP contribution < -0.4 is 5.32 Å². The van der Waals surface area contributed by atoms with Crippen LogP contribution in [0.1, 0.15) is 36.8 Å². The van der Waals surface area contributed by atoms with Gasteiger partial charge in [0.15, 0.2) is 0 Å². The summed E-state index contributed by atoms with van der Waals surface area (Å²) in [5.41, 5.74) is 0.599. The first-order valence-corrected chi connectivity index (χ1v) is 6.40. The number of aliphatic hydroxyl groups excluding tert-OH is 1. The van der Waals surface area contributed by atoms with E-state index in [1.165, 1.54) is 13.2 Å². The highest BCUT2D eigenvalue weighted by atomic mass is 16.5. The molecule has 1 heterocycles. The van der Waals surface area contributed by atoms with Gasteiger partial charge < -0.3 is 20.3 Å². The van der Waals surface area contributed by atoms with E-state index in [-0.39, 0.29) is 24.1 Å². The van der Waals surface area contributed by atoms with Gasteiger partial charge in [0.2, 0.25) is 0 Å². The molecule has 6 heteroatoms. The number of hydrogen-bond acceptors (Lipinski definition) is 5. The molecule has 1 aromatic rings. The van der Waals surface area contributed by atoms with Crippen molar-refractivity contribution in [3.63, 3.8) is 0 Å². The largest absolute Gasteiger partial charge is 0.478 e. The standard InChI is InChI=1S/C14H22N2O4/c1-14(2,3)11-5-9(13(18)19)6-12(16-11)15-7-10(17)8-20-4/h5-6,10,17H,7-8H2,1-4H3,(H,15,16)(H,18,19). The molecule has 0 radical (unpaired) electrons. The van der Waals surface area contributed by atoms with Crippen LogP contribution in [0.3, 0.4) is 0 Å². The van der Waals surface area contributed by atoms with E-state index in [2.05, 4.69) is 10.3 Å². The predicted molar refractivity (Wildman–Crippen MR) is 76.3 cm³/mol. The third-order valence-corrected chi connectivity index (χ3v) is 2.72. The van der Waals surface area contributed by atoms with Crippen molar-refractivity contribution in [3.8, 4) is 0 Å². The molecule has 1 atom stereocenters. The Bertz CT molecular complexity index is 469. The van der Waals surface area contributed by atoms with E-state index in [1.807, 2.05) is 20.8 Å². The lowest BCUT2D eigenvalue weighted by Gasteiger charge is -2.20. The van der Waals surface area contributed by atoms with E-state index in [9.17, 15) is 9.90 Å². The van der Waals surface area contributed by atoms with Crippen molar-refractivity contribution in [2.75, 3.05) is 25.6 Å². The van der Waals surface area contributed by atoms with Crippen molar-refractivity contribution < 1.29 is 19.7 Å². The van der Waals surface area contributed by atoms with E-state index in [1.54, 1.807) is 6.07 Å². The van der Waals surface area contributed by atoms with Crippen LogP contribution >= 0.6 is 0 Å². The van der Waals surface area contributed by atoms with Crippen LogP contribution in [0.2, 0.25) is 0 Å². The quantitative estimate of drug-likeness (QED) is 0.732. The van der Waals surface area contributed by atoms with Gasteiger partial charge in [0.25, 0.3) is 0 Å². The minimum Gasteiger partial charge on any atom is -0.478 e. The molecule has 0 aliphatic rings. The summed E-state index contributed by atoms with van der Waals surface area (Å²) in [4.78, 5) is 15.5. The van der Waals surface area contributed by atoms with Crippen LogP contribution in [0, 0.1) is 0 Å². The Morgan fingerprint density at radius 2 is 2.10 bits per heavy atom. The second-order valence-electron chi connectivity index (χ2n) is 5.67. The van der Waals surface area contributed by atoms with Gasteiger partial charge in [-0.25, -0.2) is 9.78 Å². The number of nitrogens with one attached hydrogen (secondary N) is 1.